The Hall–Kier alpha value is -15.1. The van der Waals surface area contributed by atoms with Crippen LogP contribution in [0, 0.1) is 24.3 Å². The molecule has 23 aromatic rings. The molecule has 29 rings (SSSR count). The molecular weight excluding hydrogens is 2150 g/mol. The number of pyridine rings is 8. The minimum absolute atomic E-state index is 0. The van der Waals surface area contributed by atoms with Gasteiger partial charge in [0.15, 0.2) is 11.0 Å². The quantitative estimate of drug-likeness (QED) is 0.0599. The third kappa shape index (κ3) is 15.0. The van der Waals surface area contributed by atoms with Gasteiger partial charge in [-0.3, -0.25) is 34.3 Å². The van der Waals surface area contributed by atoms with Crippen molar-refractivity contribution in [3.8, 4) is 45.6 Å². The molecule has 0 N–H and O–H groups in total. The van der Waals surface area contributed by atoms with Crippen molar-refractivity contribution in [3.63, 3.8) is 0 Å². The summed E-state index contributed by atoms with van der Waals surface area (Å²) < 4.78 is 29.2. The van der Waals surface area contributed by atoms with Crippen molar-refractivity contribution < 1.29 is 60.7 Å². The van der Waals surface area contributed by atoms with E-state index in [-0.39, 0.29) is 42.1 Å². The van der Waals surface area contributed by atoms with Crippen LogP contribution in [-0.4, -0.2) is 102 Å². The molecule has 0 bridgehead atoms. The Balaban J connectivity index is 0.000000101. The van der Waals surface area contributed by atoms with Crippen LogP contribution in [0.2, 0.25) is 0 Å². The zero-order chi connectivity index (χ0) is 96.6. The second kappa shape index (κ2) is 36.4. The molecule has 6 aliphatic heterocycles. The fourth-order valence-electron chi connectivity index (χ4n) is 22.7. The van der Waals surface area contributed by atoms with Crippen LogP contribution < -0.4 is 23.5 Å². The van der Waals surface area contributed by atoms with E-state index in [4.69, 9.17) is 54.6 Å². The summed E-state index contributed by atoms with van der Waals surface area (Å²) in [6, 6.07) is 78.1. The van der Waals surface area contributed by atoms with E-state index in [0.717, 1.165) is 131 Å². The SMILES string of the molecule is CC(C)c1ccc(C(C)C)c2c1c1c3c4n2nc[n+]4CC3CC=N1.CC(C)c1ccc2c3c1-c1ncccc1C1=CN(C)C(C2)N13.CC(C)c1ccc2c3c1c1nccc(C(C)C)c1n1nc[n+](c31)C2.CC(C)c1cccc2c1c1ncc(Oc3[c-]c(-n4cccn4)ccc3)[c-]c1c1nc3ccccc3n21.CC(C)c1cccc2c1c1ncc(Oc3[c-]c(-n4cccn4)ccc3)[c-]c1c1nc3ccccc3n21.[Pt+2].[Pt+2]. The summed E-state index contributed by atoms with van der Waals surface area (Å²) in [5.41, 5.74) is 38.3. The molecule has 9 aromatic carbocycles. The topological polar surface area (TPSA) is 201 Å². The molecule has 20 heterocycles. The van der Waals surface area contributed by atoms with Gasteiger partial charge in [0.2, 0.25) is 0 Å². The van der Waals surface area contributed by atoms with Crippen LogP contribution in [0.15, 0.2) is 261 Å². The zero-order valence-electron chi connectivity index (χ0n) is 82.7. The Bertz CT molecular complexity index is 8920. The second-order valence-electron chi connectivity index (χ2n) is 40.3. The number of nitrogens with zero attached hydrogens (tertiary/aromatic N) is 21. The van der Waals surface area contributed by atoms with Crippen molar-refractivity contribution in [2.75, 3.05) is 11.9 Å². The largest absolute Gasteiger partial charge is 2.00 e. The first kappa shape index (κ1) is 92.6. The summed E-state index contributed by atoms with van der Waals surface area (Å²) in [5, 5.41) is 25.9. The van der Waals surface area contributed by atoms with Gasteiger partial charge < -0.3 is 38.0 Å². The van der Waals surface area contributed by atoms with Gasteiger partial charge in [0, 0.05) is 135 Å². The van der Waals surface area contributed by atoms with Gasteiger partial charge in [0.05, 0.1) is 91.7 Å². The van der Waals surface area contributed by atoms with E-state index in [2.05, 4.69) is 285 Å². The maximum absolute atomic E-state index is 6.19. The van der Waals surface area contributed by atoms with Crippen LogP contribution in [0.25, 0.3) is 149 Å². The summed E-state index contributed by atoms with van der Waals surface area (Å²) in [6.45, 7) is 33.4. The van der Waals surface area contributed by atoms with Crippen molar-refractivity contribution in [2.45, 2.75) is 176 Å². The second-order valence-corrected chi connectivity index (χ2v) is 40.3. The van der Waals surface area contributed by atoms with Crippen molar-refractivity contribution in [2.24, 2.45) is 4.99 Å². The standard InChI is InChI=1S/2C30H21N5O.C20H23N4.C20H21N4.C19H19N3.2Pt/c2*1-19(2)23-10-6-13-27-28(23)29-24(30-33-25-11-3-4-12-26(25)35(27)30)17-22(18-31-29)36-21-9-5-8-20(16-21)34-15-7-14-32-34;1-11(2)14-5-6-15(12(3)4)19-17(14)18-16-13(7-8-21-18)9-23-10-22-24(19)20(16)23;1-11(2)14-6-5-13-9-23-10-22-24-19-15(12(3)4)7-8-21-18(19)17(14)16(13)20(23)24;1-11(2)13-7-6-12-9-16-21(3)10-15-14-5-4-8-20-18(14)17(13)19(12)22(15)16;;/h2*3-15,18-19H,1-2H3;5-6,8,10-13H,7,9H2,1-4H3;5-8,10-12H,9H2,1-4H3;4-8,10-11,16H,9H2,1-3H3;;/q2*-2;2*+1;;2*+2. The minimum atomic E-state index is 0. The smallest absolute Gasteiger partial charge is 0.501 e. The third-order valence-corrected chi connectivity index (χ3v) is 29.2. The van der Waals surface area contributed by atoms with Gasteiger partial charge in [-0.15, -0.1) is 36.4 Å². The first-order valence-corrected chi connectivity index (χ1v) is 49.5. The van der Waals surface area contributed by atoms with Gasteiger partial charge in [-0.2, -0.15) is 22.3 Å². The van der Waals surface area contributed by atoms with E-state index >= 15 is 0 Å². The molecular formula is C119H105N21O2Pt2+2. The molecule has 14 aromatic heterocycles. The van der Waals surface area contributed by atoms with Crippen molar-refractivity contribution in [3.05, 3.63) is 342 Å². The molecule has 0 spiro atoms. The number of rotatable bonds is 13. The number of imidazole rings is 2. The molecule has 0 radical (unpaired) electrons. The van der Waals surface area contributed by atoms with Crippen LogP contribution in [-0.2, 0) is 61.6 Å². The fraction of sp³-hybridized carbons (Fsp3) is 0.235. The molecule has 2 unspecified atom stereocenters. The zero-order valence-corrected chi connectivity index (χ0v) is 87.2. The summed E-state index contributed by atoms with van der Waals surface area (Å²) >= 11 is 0. The molecule has 0 aliphatic carbocycles. The van der Waals surface area contributed by atoms with E-state index in [1.807, 2.05) is 128 Å². The molecule has 0 saturated carbocycles. The molecule has 25 heteroatoms. The number of anilines is 1. The van der Waals surface area contributed by atoms with E-state index in [9.17, 15) is 0 Å². The van der Waals surface area contributed by atoms with Gasteiger partial charge in [0.1, 0.15) is 11.7 Å². The predicted molar refractivity (Wildman–Crippen MR) is 563 cm³/mol. The molecule has 6 aliphatic rings. The average Bonchev–Trinajstić information content (AvgIpc) is 1.54. The number of ether oxygens (including phenoxy) is 2. The molecule has 0 saturated heterocycles. The number of hydrogen-bond donors (Lipinski definition) is 0. The van der Waals surface area contributed by atoms with Crippen molar-refractivity contribution in [1.82, 2.24) is 82.4 Å². The van der Waals surface area contributed by atoms with Crippen LogP contribution in [0.1, 0.15) is 212 Å². The number of likely N-dealkylation sites (N-methyl/N-ethyl adjacent to an activating group) is 1. The number of aromatic nitrogens is 18. The van der Waals surface area contributed by atoms with Gasteiger partial charge in [-0.25, -0.2) is 9.13 Å². The normalized spacial score (nSPS) is 14.4. The van der Waals surface area contributed by atoms with E-state index in [1.54, 1.807) is 34.2 Å². The van der Waals surface area contributed by atoms with Crippen LogP contribution in [0.5, 0.6) is 23.0 Å². The Kier molecular flexibility index (Phi) is 23.4. The van der Waals surface area contributed by atoms with Crippen LogP contribution in [0.3, 0.4) is 0 Å². The van der Waals surface area contributed by atoms with Crippen LogP contribution in [0.4, 0.5) is 11.4 Å². The number of hydrogen-bond acceptors (Lipinski definition) is 15. The molecule has 144 heavy (non-hydrogen) atoms. The predicted octanol–water partition coefficient (Wildman–Crippen LogP) is 25.8. The fourth-order valence-corrected chi connectivity index (χ4v) is 22.7. The number of aliphatic imine (C=N–C) groups is 1. The number of para-hydroxylation sites is 4. The Morgan fingerprint density at radius 1 is 0.417 bits per heavy atom. The van der Waals surface area contributed by atoms with Gasteiger partial charge >= 0.3 is 42.1 Å². The van der Waals surface area contributed by atoms with Gasteiger partial charge in [-0.05, 0) is 199 Å². The van der Waals surface area contributed by atoms with Crippen molar-refractivity contribution >= 4 is 144 Å². The van der Waals surface area contributed by atoms with Crippen LogP contribution >= 0.6 is 0 Å². The monoisotopic (exact) mass is 2250 g/mol. The number of fused-ring (bicyclic) bond motifs is 25. The summed E-state index contributed by atoms with van der Waals surface area (Å²) in [4.78, 5) is 39.1. The molecule has 2 atom stereocenters. The van der Waals surface area contributed by atoms with E-state index in [0.29, 0.717) is 76.5 Å². The van der Waals surface area contributed by atoms with Crippen molar-refractivity contribution in [1.29, 1.82) is 0 Å². The maximum atomic E-state index is 6.19. The Labute approximate surface area is 861 Å². The minimum Gasteiger partial charge on any atom is -0.501 e. The average molecular weight is 2250 g/mol. The van der Waals surface area contributed by atoms with Gasteiger partial charge in [-0.1, -0.05) is 214 Å². The first-order chi connectivity index (χ1) is 69.2. The Morgan fingerprint density at radius 3 is 1.52 bits per heavy atom. The molecule has 23 nitrogen and oxygen atoms in total. The summed E-state index contributed by atoms with van der Waals surface area (Å²) in [7, 11) is 2.18. The molecule has 716 valence electrons. The van der Waals surface area contributed by atoms with E-state index < -0.39 is 0 Å². The molecule has 0 fully saturated rings. The molecule has 0 amide bonds. The Morgan fingerprint density at radius 2 is 0.938 bits per heavy atom. The first-order valence-electron chi connectivity index (χ1n) is 49.5. The third-order valence-electron chi connectivity index (χ3n) is 29.2. The maximum Gasteiger partial charge on any atom is 2.00 e. The number of benzene rings is 9. The summed E-state index contributed by atoms with van der Waals surface area (Å²) in [5.74, 6) is 5.68. The van der Waals surface area contributed by atoms with Gasteiger partial charge in [0.25, 0.3) is 23.9 Å². The summed E-state index contributed by atoms with van der Waals surface area (Å²) in [6.07, 6.45) is 25.5. The van der Waals surface area contributed by atoms with E-state index in [1.165, 1.54) is 117 Å².